The van der Waals surface area contributed by atoms with Gasteiger partial charge in [0.25, 0.3) is 0 Å². The van der Waals surface area contributed by atoms with E-state index in [9.17, 15) is 0 Å². The highest BCUT2D eigenvalue weighted by molar-refractivity contribution is 6.13. The van der Waals surface area contributed by atoms with Crippen molar-refractivity contribution >= 4 is 43.7 Å². The number of fused-ring (bicyclic) bond motifs is 6. The van der Waals surface area contributed by atoms with Crippen molar-refractivity contribution in [1.29, 1.82) is 0 Å². The molecule has 5 heteroatoms. The first kappa shape index (κ1) is 31.9. The Labute approximate surface area is 322 Å². The maximum atomic E-state index is 6.55. The lowest BCUT2D eigenvalue weighted by Crippen LogP contribution is -2.02. The van der Waals surface area contributed by atoms with Crippen LogP contribution in [-0.4, -0.2) is 19.5 Å². The minimum Gasteiger partial charge on any atom is -0.455 e. The molecule has 3 heterocycles. The molecule has 0 atom stereocenters. The van der Waals surface area contributed by atoms with Gasteiger partial charge in [-0.15, -0.1) is 0 Å². The number of furan rings is 1. The van der Waals surface area contributed by atoms with Gasteiger partial charge in [-0.05, 0) is 65.2 Å². The molecule has 0 saturated heterocycles. The minimum absolute atomic E-state index is 0.587. The largest absolute Gasteiger partial charge is 0.455 e. The van der Waals surface area contributed by atoms with Gasteiger partial charge >= 0.3 is 0 Å². The summed E-state index contributed by atoms with van der Waals surface area (Å²) in [4.78, 5) is 15.8. The van der Waals surface area contributed by atoms with E-state index in [1.165, 1.54) is 5.39 Å². The summed E-state index contributed by atoms with van der Waals surface area (Å²) in [7, 11) is 0. The summed E-state index contributed by atoms with van der Waals surface area (Å²) in [5.41, 5.74) is 11.9. The molecule has 0 aliphatic heterocycles. The van der Waals surface area contributed by atoms with E-state index in [0.717, 1.165) is 83.0 Å². The topological polar surface area (TPSA) is 56.7 Å². The monoisotopic (exact) mass is 716 g/mol. The molecule has 0 spiro atoms. The first-order valence-electron chi connectivity index (χ1n) is 18.8. The molecule has 3 aromatic heterocycles. The molecule has 0 amide bonds. The molecule has 8 aromatic carbocycles. The molecule has 0 saturated carbocycles. The van der Waals surface area contributed by atoms with Gasteiger partial charge in [0.15, 0.2) is 17.5 Å². The molecule has 11 rings (SSSR count). The Morgan fingerprint density at radius 3 is 1.70 bits per heavy atom. The molecular weight excluding hydrogens is 685 g/mol. The van der Waals surface area contributed by atoms with Crippen LogP contribution in [0.25, 0.3) is 106 Å². The van der Waals surface area contributed by atoms with Gasteiger partial charge < -0.3 is 8.98 Å². The van der Waals surface area contributed by atoms with E-state index in [2.05, 4.69) is 162 Å². The Morgan fingerprint density at radius 2 is 0.911 bits per heavy atom. The molecule has 0 fully saturated rings. The third kappa shape index (κ3) is 5.29. The maximum Gasteiger partial charge on any atom is 0.166 e. The van der Waals surface area contributed by atoms with Gasteiger partial charge in [0.2, 0.25) is 0 Å². The second-order valence-electron chi connectivity index (χ2n) is 14.0. The first-order chi connectivity index (χ1) is 27.8. The highest BCUT2D eigenvalue weighted by Gasteiger charge is 2.21. The smallest absolute Gasteiger partial charge is 0.166 e. The fourth-order valence-corrected chi connectivity index (χ4v) is 8.07. The van der Waals surface area contributed by atoms with Crippen LogP contribution in [0.2, 0.25) is 0 Å². The van der Waals surface area contributed by atoms with Crippen LogP contribution in [0.1, 0.15) is 0 Å². The van der Waals surface area contributed by atoms with Crippen LogP contribution in [0.4, 0.5) is 0 Å². The highest BCUT2D eigenvalue weighted by Crippen LogP contribution is 2.41. The second-order valence-corrected chi connectivity index (χ2v) is 14.0. The first-order valence-corrected chi connectivity index (χ1v) is 18.8. The Morgan fingerprint density at radius 1 is 0.357 bits per heavy atom. The zero-order chi connectivity index (χ0) is 37.0. The third-order valence-electron chi connectivity index (χ3n) is 10.6. The summed E-state index contributed by atoms with van der Waals surface area (Å²) in [6, 6.07) is 67.3. The number of para-hydroxylation sites is 5. The lowest BCUT2D eigenvalue weighted by atomic mass is 9.94. The summed E-state index contributed by atoms with van der Waals surface area (Å²) in [5, 5.41) is 4.49. The Hall–Kier alpha value is -7.63. The Balaban J connectivity index is 1.19. The van der Waals surface area contributed by atoms with Crippen molar-refractivity contribution in [3.63, 3.8) is 0 Å². The van der Waals surface area contributed by atoms with E-state index >= 15 is 0 Å². The van der Waals surface area contributed by atoms with Gasteiger partial charge in [0.05, 0.1) is 11.0 Å². The molecule has 262 valence electrons. The van der Waals surface area contributed by atoms with Crippen LogP contribution in [-0.2, 0) is 0 Å². The number of hydrogen-bond acceptors (Lipinski definition) is 4. The molecule has 5 nitrogen and oxygen atoms in total. The molecule has 56 heavy (non-hydrogen) atoms. The van der Waals surface area contributed by atoms with Gasteiger partial charge in [-0.2, -0.15) is 0 Å². The number of aromatic nitrogens is 4. The van der Waals surface area contributed by atoms with E-state index in [1.807, 2.05) is 36.4 Å². The van der Waals surface area contributed by atoms with Gasteiger partial charge in [-0.3, -0.25) is 0 Å². The fraction of sp³-hybridized carbons (Fsp3) is 0. The summed E-state index contributed by atoms with van der Waals surface area (Å²) in [6.07, 6.45) is 0. The zero-order valence-corrected chi connectivity index (χ0v) is 30.2. The van der Waals surface area contributed by atoms with Crippen LogP contribution in [0.15, 0.2) is 199 Å². The summed E-state index contributed by atoms with van der Waals surface area (Å²) < 4.78 is 8.88. The summed E-state index contributed by atoms with van der Waals surface area (Å²) in [5.74, 6) is 1.80. The standard InChI is InChI=1S/C51H32N4O/c1-4-16-33(17-5-1)35-30-36(39-24-14-26-43-41-23-11-13-29-46(41)56-48(39)43)32-37(31-35)50-52-49(34-18-6-2-7-19-34)53-51(54-50)44-27-15-25-42-40-22-10-12-28-45(40)55(47(42)44)38-20-8-3-9-21-38/h1-32H. The maximum absolute atomic E-state index is 6.55. The van der Waals surface area contributed by atoms with Gasteiger partial charge in [0, 0.05) is 49.5 Å². The second kappa shape index (κ2) is 13.0. The van der Waals surface area contributed by atoms with E-state index in [-0.39, 0.29) is 0 Å². The number of rotatable bonds is 6. The molecule has 0 aliphatic rings. The van der Waals surface area contributed by atoms with Crippen LogP contribution < -0.4 is 0 Å². The molecule has 0 aliphatic carbocycles. The summed E-state index contributed by atoms with van der Waals surface area (Å²) in [6.45, 7) is 0. The van der Waals surface area contributed by atoms with Gasteiger partial charge in [-0.1, -0.05) is 146 Å². The van der Waals surface area contributed by atoms with Crippen molar-refractivity contribution in [2.24, 2.45) is 0 Å². The van der Waals surface area contributed by atoms with Crippen LogP contribution in [0.5, 0.6) is 0 Å². The van der Waals surface area contributed by atoms with Crippen LogP contribution in [0.3, 0.4) is 0 Å². The minimum atomic E-state index is 0.587. The molecule has 0 N–H and O–H groups in total. The molecule has 11 aromatic rings. The fourth-order valence-electron chi connectivity index (χ4n) is 8.07. The lowest BCUT2D eigenvalue weighted by Gasteiger charge is -2.14. The average molecular weight is 717 g/mol. The van der Waals surface area contributed by atoms with E-state index < -0.39 is 0 Å². The number of benzene rings is 8. The van der Waals surface area contributed by atoms with Gasteiger partial charge in [-0.25, -0.2) is 15.0 Å². The Bertz CT molecular complexity index is 3240. The van der Waals surface area contributed by atoms with Crippen LogP contribution >= 0.6 is 0 Å². The Kier molecular flexibility index (Phi) is 7.42. The van der Waals surface area contributed by atoms with Gasteiger partial charge in [0.1, 0.15) is 11.2 Å². The molecule has 0 unspecified atom stereocenters. The number of nitrogens with zero attached hydrogens (tertiary/aromatic N) is 4. The molecule has 0 radical (unpaired) electrons. The average Bonchev–Trinajstić information content (AvgIpc) is 3.83. The third-order valence-corrected chi connectivity index (χ3v) is 10.6. The number of hydrogen-bond donors (Lipinski definition) is 0. The quantitative estimate of drug-likeness (QED) is 0.172. The van der Waals surface area contributed by atoms with Crippen molar-refractivity contribution in [1.82, 2.24) is 19.5 Å². The normalized spacial score (nSPS) is 11.6. The van der Waals surface area contributed by atoms with Crippen molar-refractivity contribution in [3.8, 4) is 62.1 Å². The SMILES string of the molecule is c1ccc(-c2cc(-c3nc(-c4ccccc4)nc(-c4cccc5c6ccccc6n(-c6ccccc6)c45)n3)cc(-c3cccc4c3oc3ccccc34)c2)cc1. The zero-order valence-electron chi connectivity index (χ0n) is 30.2. The predicted molar refractivity (Wildman–Crippen MR) is 229 cm³/mol. The van der Waals surface area contributed by atoms with Crippen LogP contribution in [0, 0.1) is 0 Å². The van der Waals surface area contributed by atoms with Crippen molar-refractivity contribution < 1.29 is 4.42 Å². The molecular formula is C51H32N4O. The van der Waals surface area contributed by atoms with Crippen molar-refractivity contribution in [3.05, 3.63) is 194 Å². The van der Waals surface area contributed by atoms with Crippen molar-refractivity contribution in [2.45, 2.75) is 0 Å². The van der Waals surface area contributed by atoms with E-state index in [4.69, 9.17) is 19.4 Å². The van der Waals surface area contributed by atoms with Crippen molar-refractivity contribution in [2.75, 3.05) is 0 Å². The lowest BCUT2D eigenvalue weighted by molar-refractivity contribution is 0.670. The van der Waals surface area contributed by atoms with E-state index in [1.54, 1.807) is 0 Å². The van der Waals surface area contributed by atoms with E-state index in [0.29, 0.717) is 17.5 Å². The molecule has 0 bridgehead atoms. The highest BCUT2D eigenvalue weighted by atomic mass is 16.3. The predicted octanol–water partition coefficient (Wildman–Crippen LogP) is 13.2. The summed E-state index contributed by atoms with van der Waals surface area (Å²) >= 11 is 0.